The van der Waals surface area contributed by atoms with Crippen molar-refractivity contribution in [2.24, 2.45) is 0 Å². The predicted molar refractivity (Wildman–Crippen MR) is 98.1 cm³/mol. The Bertz CT molecular complexity index is 727. The van der Waals surface area contributed by atoms with Gasteiger partial charge in [-0.05, 0) is 31.0 Å². The first kappa shape index (κ1) is 16.9. The Morgan fingerprint density at radius 2 is 2.08 bits per heavy atom. The van der Waals surface area contributed by atoms with Crippen LogP contribution in [0.1, 0.15) is 25.7 Å². The third-order valence-electron chi connectivity index (χ3n) is 5.06. The van der Waals surface area contributed by atoms with Crippen LogP contribution < -0.4 is 9.64 Å². The van der Waals surface area contributed by atoms with Gasteiger partial charge in [0.25, 0.3) is 0 Å². The van der Waals surface area contributed by atoms with Crippen molar-refractivity contribution in [1.82, 2.24) is 19.7 Å². The molecule has 0 aliphatic carbocycles. The van der Waals surface area contributed by atoms with Crippen LogP contribution in [0, 0.1) is 0 Å². The van der Waals surface area contributed by atoms with Crippen molar-refractivity contribution in [1.29, 1.82) is 0 Å². The lowest BCUT2D eigenvalue weighted by Gasteiger charge is -2.22. The topological polar surface area (TPSA) is 63.5 Å². The molecule has 0 aromatic carbocycles. The number of ether oxygens (including phenoxy) is 1. The number of aryl methyl sites for hydroxylation is 1. The molecule has 0 N–H and O–H groups in total. The van der Waals surface area contributed by atoms with Crippen LogP contribution in [-0.4, -0.2) is 57.9 Å². The maximum absolute atomic E-state index is 12.4. The number of likely N-dealkylation sites (tertiary alicyclic amines) is 1. The highest BCUT2D eigenvalue weighted by molar-refractivity contribution is 5.76. The fourth-order valence-corrected chi connectivity index (χ4v) is 3.67. The molecule has 26 heavy (non-hydrogen) atoms. The van der Waals surface area contributed by atoms with E-state index < -0.39 is 0 Å². The molecule has 1 atom stereocenters. The molecule has 7 nitrogen and oxygen atoms in total. The average molecular weight is 355 g/mol. The van der Waals surface area contributed by atoms with Crippen LogP contribution in [0.15, 0.2) is 36.8 Å². The van der Waals surface area contributed by atoms with Crippen molar-refractivity contribution in [3.63, 3.8) is 0 Å². The minimum absolute atomic E-state index is 0.0363. The van der Waals surface area contributed by atoms with Gasteiger partial charge in [-0.25, -0.2) is 4.98 Å². The molecule has 2 aromatic heterocycles. The van der Waals surface area contributed by atoms with E-state index in [0.29, 0.717) is 19.5 Å². The van der Waals surface area contributed by atoms with E-state index in [9.17, 15) is 4.79 Å². The molecule has 1 unspecified atom stereocenters. The SMILES string of the molecule is O=C(CCn1cccn1)N1CCC(Oc2cccnc2N2CCCC2)C1. The van der Waals surface area contributed by atoms with Gasteiger partial charge < -0.3 is 14.5 Å². The molecule has 0 radical (unpaired) electrons. The van der Waals surface area contributed by atoms with Gasteiger partial charge in [0, 0.05) is 57.6 Å². The molecule has 4 heterocycles. The zero-order chi connectivity index (χ0) is 17.8. The maximum Gasteiger partial charge on any atom is 0.224 e. The number of pyridine rings is 1. The molecule has 0 spiro atoms. The molecule has 4 rings (SSSR count). The number of hydrogen-bond donors (Lipinski definition) is 0. The minimum atomic E-state index is 0.0363. The van der Waals surface area contributed by atoms with E-state index in [1.807, 2.05) is 35.5 Å². The summed E-state index contributed by atoms with van der Waals surface area (Å²) in [5.74, 6) is 1.94. The van der Waals surface area contributed by atoms with Gasteiger partial charge in [0.15, 0.2) is 11.6 Å². The van der Waals surface area contributed by atoms with Gasteiger partial charge in [0.1, 0.15) is 6.10 Å². The summed E-state index contributed by atoms with van der Waals surface area (Å²) in [5.41, 5.74) is 0. The molecule has 2 aliphatic rings. The fraction of sp³-hybridized carbons (Fsp3) is 0.526. The first-order valence-electron chi connectivity index (χ1n) is 9.41. The number of carbonyl (C=O) groups is 1. The average Bonchev–Trinajstić information content (AvgIpc) is 3.42. The van der Waals surface area contributed by atoms with Crippen molar-refractivity contribution in [2.45, 2.75) is 38.3 Å². The Kier molecular flexibility index (Phi) is 5.04. The Balaban J connectivity index is 1.32. The Morgan fingerprint density at radius 1 is 1.19 bits per heavy atom. The first-order valence-corrected chi connectivity index (χ1v) is 9.41. The van der Waals surface area contributed by atoms with Crippen molar-refractivity contribution in [3.8, 4) is 5.75 Å². The lowest BCUT2D eigenvalue weighted by atomic mass is 10.3. The minimum Gasteiger partial charge on any atom is -0.485 e. The van der Waals surface area contributed by atoms with E-state index in [4.69, 9.17) is 4.74 Å². The molecule has 7 heteroatoms. The molecule has 0 bridgehead atoms. The number of nitrogens with zero attached hydrogens (tertiary/aromatic N) is 5. The predicted octanol–water partition coefficient (Wildman–Crippen LogP) is 1.95. The number of rotatable bonds is 6. The van der Waals surface area contributed by atoms with Crippen LogP contribution >= 0.6 is 0 Å². The third-order valence-corrected chi connectivity index (χ3v) is 5.06. The maximum atomic E-state index is 12.4. The Morgan fingerprint density at radius 3 is 2.88 bits per heavy atom. The molecule has 1 amide bonds. The monoisotopic (exact) mass is 355 g/mol. The normalized spacial score (nSPS) is 19.9. The second kappa shape index (κ2) is 7.76. The molecule has 2 aliphatic heterocycles. The van der Waals surface area contributed by atoms with E-state index in [1.54, 1.807) is 10.9 Å². The van der Waals surface area contributed by atoms with Gasteiger partial charge >= 0.3 is 0 Å². The van der Waals surface area contributed by atoms with Gasteiger partial charge in [0.05, 0.1) is 6.54 Å². The van der Waals surface area contributed by atoms with Crippen LogP contribution in [0.2, 0.25) is 0 Å². The highest BCUT2D eigenvalue weighted by Gasteiger charge is 2.28. The zero-order valence-corrected chi connectivity index (χ0v) is 15.0. The highest BCUT2D eigenvalue weighted by Crippen LogP contribution is 2.30. The Labute approximate surface area is 153 Å². The summed E-state index contributed by atoms with van der Waals surface area (Å²) in [7, 11) is 0. The van der Waals surface area contributed by atoms with Crippen molar-refractivity contribution in [3.05, 3.63) is 36.8 Å². The van der Waals surface area contributed by atoms with E-state index in [-0.39, 0.29) is 12.0 Å². The summed E-state index contributed by atoms with van der Waals surface area (Å²) < 4.78 is 8.03. The number of anilines is 1. The number of aromatic nitrogens is 3. The van der Waals surface area contributed by atoms with E-state index in [2.05, 4.69) is 15.0 Å². The quantitative estimate of drug-likeness (QED) is 0.792. The number of hydrogen-bond acceptors (Lipinski definition) is 5. The zero-order valence-electron chi connectivity index (χ0n) is 15.0. The lowest BCUT2D eigenvalue weighted by Crippen LogP contribution is -2.31. The summed E-state index contributed by atoms with van der Waals surface area (Å²) in [6, 6.07) is 5.77. The summed E-state index contributed by atoms with van der Waals surface area (Å²) in [5, 5.41) is 4.14. The molecular weight excluding hydrogens is 330 g/mol. The first-order chi connectivity index (χ1) is 12.8. The van der Waals surface area contributed by atoms with Crippen LogP contribution in [0.5, 0.6) is 5.75 Å². The Hall–Kier alpha value is -2.57. The lowest BCUT2D eigenvalue weighted by molar-refractivity contribution is -0.130. The smallest absolute Gasteiger partial charge is 0.224 e. The summed E-state index contributed by atoms with van der Waals surface area (Å²) in [6.45, 7) is 4.09. The summed E-state index contributed by atoms with van der Waals surface area (Å²) >= 11 is 0. The van der Waals surface area contributed by atoms with Crippen molar-refractivity contribution >= 4 is 11.7 Å². The number of amides is 1. The van der Waals surface area contributed by atoms with Gasteiger partial charge in [-0.3, -0.25) is 9.48 Å². The fourth-order valence-electron chi connectivity index (χ4n) is 3.67. The molecular formula is C19H25N5O2. The van der Waals surface area contributed by atoms with E-state index in [0.717, 1.165) is 37.6 Å². The third kappa shape index (κ3) is 3.81. The van der Waals surface area contributed by atoms with Crippen LogP contribution in [0.3, 0.4) is 0 Å². The summed E-state index contributed by atoms with van der Waals surface area (Å²) in [4.78, 5) is 21.1. The van der Waals surface area contributed by atoms with Crippen LogP contribution in [-0.2, 0) is 11.3 Å². The molecule has 0 saturated carbocycles. The second-order valence-electron chi connectivity index (χ2n) is 6.91. The number of carbonyl (C=O) groups excluding carboxylic acids is 1. The van der Waals surface area contributed by atoms with Gasteiger partial charge in [-0.15, -0.1) is 0 Å². The van der Waals surface area contributed by atoms with Gasteiger partial charge in [-0.1, -0.05) is 0 Å². The van der Waals surface area contributed by atoms with E-state index in [1.165, 1.54) is 12.8 Å². The van der Waals surface area contributed by atoms with Crippen molar-refractivity contribution in [2.75, 3.05) is 31.1 Å². The second-order valence-corrected chi connectivity index (χ2v) is 6.91. The van der Waals surface area contributed by atoms with Crippen LogP contribution in [0.25, 0.3) is 0 Å². The highest BCUT2D eigenvalue weighted by atomic mass is 16.5. The van der Waals surface area contributed by atoms with Crippen molar-refractivity contribution < 1.29 is 9.53 Å². The van der Waals surface area contributed by atoms with Gasteiger partial charge in [-0.2, -0.15) is 5.10 Å². The van der Waals surface area contributed by atoms with E-state index >= 15 is 0 Å². The molecule has 2 fully saturated rings. The van der Waals surface area contributed by atoms with Gasteiger partial charge in [0.2, 0.25) is 5.91 Å². The molecule has 138 valence electrons. The molecule has 2 saturated heterocycles. The van der Waals surface area contributed by atoms with Crippen LogP contribution in [0.4, 0.5) is 5.82 Å². The summed E-state index contributed by atoms with van der Waals surface area (Å²) in [6.07, 6.45) is 9.22. The standard InChI is InChI=1S/C19H25N5O2/c25-18(7-14-24-12-4-9-21-24)23-13-6-16(15-23)26-17-5-3-8-20-19(17)22-10-1-2-11-22/h3-5,8-9,12,16H,1-2,6-7,10-11,13-15H2. The molecule has 2 aromatic rings. The largest absolute Gasteiger partial charge is 0.485 e.